The second-order valence-corrected chi connectivity index (χ2v) is 7.01. The lowest BCUT2D eigenvalue weighted by Gasteiger charge is -2.06. The predicted octanol–water partition coefficient (Wildman–Crippen LogP) is 5.28. The number of alkyl halides is 3. The number of rotatable bonds is 1. The minimum Gasteiger partial charge on any atom is -0.267 e. The maximum Gasteiger partial charge on any atom is 0.416 e. The zero-order chi connectivity index (χ0) is 19.7. The van der Waals surface area contributed by atoms with E-state index in [0.29, 0.717) is 23.0 Å². The summed E-state index contributed by atoms with van der Waals surface area (Å²) in [6, 6.07) is 11.5. The Morgan fingerprint density at radius 2 is 1.75 bits per heavy atom. The molecule has 2 aliphatic carbocycles. The number of hydrogen-bond donors (Lipinski definition) is 0. The van der Waals surface area contributed by atoms with Crippen LogP contribution in [0.15, 0.2) is 65.7 Å². The summed E-state index contributed by atoms with van der Waals surface area (Å²) in [6.45, 7) is 0. The van der Waals surface area contributed by atoms with Crippen LogP contribution in [-0.4, -0.2) is 11.6 Å². The first-order valence-corrected chi connectivity index (χ1v) is 8.98. The SMILES string of the molecule is O=C(N=C1C[C@H]2C=C[C@@H]1C2)c1ccc(C#Cc2cccc(C(F)(F)F)c2)cc1. The van der Waals surface area contributed by atoms with Gasteiger partial charge in [-0.15, -0.1) is 0 Å². The number of nitrogens with zero attached hydrogens (tertiary/aromatic N) is 1. The van der Waals surface area contributed by atoms with E-state index in [-0.39, 0.29) is 11.5 Å². The van der Waals surface area contributed by atoms with Gasteiger partial charge >= 0.3 is 6.18 Å². The molecule has 2 bridgehead atoms. The summed E-state index contributed by atoms with van der Waals surface area (Å²) in [5, 5.41) is 0. The Kier molecular flexibility index (Phi) is 4.64. The van der Waals surface area contributed by atoms with Crippen molar-refractivity contribution in [3.63, 3.8) is 0 Å². The summed E-state index contributed by atoms with van der Waals surface area (Å²) in [6.07, 6.45) is 1.82. The Morgan fingerprint density at radius 1 is 1.00 bits per heavy atom. The molecule has 140 valence electrons. The van der Waals surface area contributed by atoms with Gasteiger partial charge in [0, 0.05) is 28.3 Å². The van der Waals surface area contributed by atoms with Crippen molar-refractivity contribution in [2.24, 2.45) is 16.8 Å². The van der Waals surface area contributed by atoms with Gasteiger partial charge in [-0.25, -0.2) is 4.99 Å². The van der Waals surface area contributed by atoms with Gasteiger partial charge in [0.05, 0.1) is 5.56 Å². The van der Waals surface area contributed by atoms with Crippen LogP contribution >= 0.6 is 0 Å². The number of halogens is 3. The zero-order valence-corrected chi connectivity index (χ0v) is 14.8. The zero-order valence-electron chi connectivity index (χ0n) is 14.8. The normalized spacial score (nSPS) is 21.6. The van der Waals surface area contributed by atoms with Crippen molar-refractivity contribution >= 4 is 11.6 Å². The quantitative estimate of drug-likeness (QED) is 0.489. The van der Waals surface area contributed by atoms with Gasteiger partial charge in [0.1, 0.15) is 0 Å². The first kappa shape index (κ1) is 18.2. The van der Waals surface area contributed by atoms with Crippen molar-refractivity contribution in [1.29, 1.82) is 0 Å². The fraction of sp³-hybridized carbons (Fsp3) is 0.217. The minimum atomic E-state index is -4.39. The number of hydrogen-bond acceptors (Lipinski definition) is 1. The molecule has 0 aliphatic heterocycles. The van der Waals surface area contributed by atoms with E-state index < -0.39 is 11.7 Å². The van der Waals surface area contributed by atoms with E-state index in [9.17, 15) is 18.0 Å². The summed E-state index contributed by atoms with van der Waals surface area (Å²) < 4.78 is 38.3. The third-order valence-corrected chi connectivity index (χ3v) is 4.99. The molecule has 5 heteroatoms. The van der Waals surface area contributed by atoms with Gasteiger partial charge in [-0.05, 0) is 61.2 Å². The van der Waals surface area contributed by atoms with Gasteiger partial charge in [-0.1, -0.05) is 30.1 Å². The molecular formula is C23H16F3NO. The van der Waals surface area contributed by atoms with Gasteiger partial charge in [-0.3, -0.25) is 4.79 Å². The molecule has 1 fully saturated rings. The molecule has 28 heavy (non-hydrogen) atoms. The Bertz CT molecular complexity index is 1040. The molecule has 0 unspecified atom stereocenters. The second kappa shape index (κ2) is 7.12. The second-order valence-electron chi connectivity index (χ2n) is 7.01. The molecule has 1 saturated carbocycles. The fourth-order valence-electron chi connectivity index (χ4n) is 3.53. The van der Waals surface area contributed by atoms with Crippen molar-refractivity contribution in [3.8, 4) is 11.8 Å². The van der Waals surface area contributed by atoms with Crippen LogP contribution in [0.3, 0.4) is 0 Å². The largest absolute Gasteiger partial charge is 0.416 e. The van der Waals surface area contributed by atoms with Gasteiger partial charge in [0.25, 0.3) is 5.91 Å². The van der Waals surface area contributed by atoms with E-state index in [4.69, 9.17) is 0 Å². The highest BCUT2D eigenvalue weighted by Crippen LogP contribution is 2.37. The van der Waals surface area contributed by atoms with Crippen molar-refractivity contribution in [3.05, 3.63) is 82.9 Å². The van der Waals surface area contributed by atoms with E-state index in [1.54, 1.807) is 24.3 Å². The van der Waals surface area contributed by atoms with Gasteiger partial charge in [-0.2, -0.15) is 13.2 Å². The van der Waals surface area contributed by atoms with Crippen molar-refractivity contribution < 1.29 is 18.0 Å². The van der Waals surface area contributed by atoms with E-state index in [0.717, 1.165) is 30.7 Å². The maximum atomic E-state index is 12.8. The summed E-state index contributed by atoms with van der Waals surface area (Å²) in [7, 11) is 0. The molecule has 2 aromatic rings. The van der Waals surface area contributed by atoms with Gasteiger partial charge in [0.15, 0.2) is 0 Å². The van der Waals surface area contributed by atoms with E-state index in [1.807, 2.05) is 0 Å². The summed E-state index contributed by atoms with van der Waals surface area (Å²) in [4.78, 5) is 16.6. The Morgan fingerprint density at radius 3 is 2.39 bits per heavy atom. The highest BCUT2D eigenvalue weighted by atomic mass is 19.4. The Balaban J connectivity index is 1.47. The highest BCUT2D eigenvalue weighted by molar-refractivity contribution is 6.06. The third-order valence-electron chi connectivity index (χ3n) is 4.99. The Hall–Kier alpha value is -3.13. The van der Waals surface area contributed by atoms with Crippen LogP contribution in [0.1, 0.15) is 39.9 Å². The minimum absolute atomic E-state index is 0.270. The van der Waals surface area contributed by atoms with Gasteiger partial charge < -0.3 is 0 Å². The van der Waals surface area contributed by atoms with E-state index >= 15 is 0 Å². The van der Waals surface area contributed by atoms with Crippen LogP contribution in [0.5, 0.6) is 0 Å². The molecule has 0 radical (unpaired) electrons. The fourth-order valence-corrected chi connectivity index (χ4v) is 3.53. The number of amides is 1. The molecule has 2 aromatic carbocycles. The molecule has 2 aliphatic rings. The standard InChI is InChI=1S/C23H16F3NO/c24-23(25,26)20-3-1-2-16(13-20)5-4-15-6-9-18(10-7-15)22(28)27-21-14-17-8-11-19(21)12-17/h1-3,6-11,13,17,19H,12,14H2/t17-,19+/m0/s1. The average molecular weight is 379 g/mol. The van der Waals surface area contributed by atoms with Crippen LogP contribution in [0, 0.1) is 23.7 Å². The Labute approximate surface area is 160 Å². The van der Waals surface area contributed by atoms with Crippen molar-refractivity contribution in [2.45, 2.75) is 19.0 Å². The number of allylic oxidation sites excluding steroid dienone is 2. The van der Waals surface area contributed by atoms with E-state index in [1.165, 1.54) is 12.1 Å². The molecule has 0 spiro atoms. The smallest absolute Gasteiger partial charge is 0.267 e. The predicted molar refractivity (Wildman–Crippen MR) is 101 cm³/mol. The molecule has 0 N–H and O–H groups in total. The molecule has 0 saturated heterocycles. The molecule has 2 nitrogen and oxygen atoms in total. The summed E-state index contributed by atoms with van der Waals surface area (Å²) in [5.41, 5.74) is 1.60. The monoisotopic (exact) mass is 379 g/mol. The van der Waals surface area contributed by atoms with Crippen molar-refractivity contribution in [1.82, 2.24) is 0 Å². The van der Waals surface area contributed by atoms with E-state index in [2.05, 4.69) is 29.0 Å². The molecule has 0 heterocycles. The lowest BCUT2D eigenvalue weighted by atomic mass is 10.1. The number of benzene rings is 2. The molecular weight excluding hydrogens is 363 g/mol. The molecule has 2 atom stereocenters. The number of carbonyl (C=O) groups excluding carboxylic acids is 1. The molecule has 0 aromatic heterocycles. The van der Waals surface area contributed by atoms with Crippen LogP contribution in [-0.2, 0) is 6.18 Å². The molecule has 4 rings (SSSR count). The number of fused-ring (bicyclic) bond motifs is 2. The maximum absolute atomic E-state index is 12.8. The van der Waals surface area contributed by atoms with Crippen molar-refractivity contribution in [2.75, 3.05) is 0 Å². The topological polar surface area (TPSA) is 29.4 Å². The van der Waals surface area contributed by atoms with Crippen LogP contribution in [0.2, 0.25) is 0 Å². The number of aliphatic imine (C=N–C) groups is 1. The first-order chi connectivity index (χ1) is 13.4. The average Bonchev–Trinajstić information content (AvgIpc) is 3.29. The summed E-state index contributed by atoms with van der Waals surface area (Å²) >= 11 is 0. The summed E-state index contributed by atoms with van der Waals surface area (Å²) in [5.74, 6) is 6.10. The van der Waals surface area contributed by atoms with Crippen LogP contribution < -0.4 is 0 Å². The van der Waals surface area contributed by atoms with Crippen LogP contribution in [0.25, 0.3) is 0 Å². The van der Waals surface area contributed by atoms with Crippen LogP contribution in [0.4, 0.5) is 13.2 Å². The first-order valence-electron chi connectivity index (χ1n) is 8.98. The lowest BCUT2D eigenvalue weighted by molar-refractivity contribution is -0.137. The third kappa shape index (κ3) is 3.91. The molecule has 1 amide bonds. The van der Waals surface area contributed by atoms with Gasteiger partial charge in [0.2, 0.25) is 0 Å². The highest BCUT2D eigenvalue weighted by Gasteiger charge is 2.32. The number of carbonyl (C=O) groups is 1. The lowest BCUT2D eigenvalue weighted by Crippen LogP contribution is -2.09.